The maximum absolute atomic E-state index is 14.4. The molecule has 0 amide bonds. The molecule has 35 heavy (non-hydrogen) atoms. The summed E-state index contributed by atoms with van der Waals surface area (Å²) in [6, 6.07) is 3.41. The molecule has 0 unspecified atom stereocenters. The van der Waals surface area contributed by atoms with Crippen LogP contribution < -0.4 is 0 Å². The van der Waals surface area contributed by atoms with Gasteiger partial charge in [0, 0.05) is 23.3 Å². The first-order chi connectivity index (χ1) is 16.3. The van der Waals surface area contributed by atoms with Crippen LogP contribution in [-0.2, 0) is 0 Å². The van der Waals surface area contributed by atoms with E-state index in [1.807, 2.05) is 0 Å². The number of fused-ring (bicyclic) bond motifs is 3. The van der Waals surface area contributed by atoms with Gasteiger partial charge in [-0.15, -0.1) is 0 Å². The zero-order valence-electron chi connectivity index (χ0n) is 16.9. The number of hydrogen-bond acceptors (Lipinski definition) is 7. The Morgan fingerprint density at radius 1 is 0.657 bits per heavy atom. The Hall–Kier alpha value is -4.82. The number of nitrogens with zero attached hydrogens (tertiary/aromatic N) is 4. The number of aliphatic imine (C=N–C) groups is 1. The Labute approximate surface area is 189 Å². The molecule has 0 bridgehead atoms. The maximum Gasteiger partial charge on any atom is 0.285 e. The van der Waals surface area contributed by atoms with Crippen molar-refractivity contribution in [3.05, 3.63) is 100 Å². The van der Waals surface area contributed by atoms with Crippen molar-refractivity contribution >= 4 is 28.5 Å². The smallest absolute Gasteiger partial charge is 0.258 e. The fourth-order valence-corrected chi connectivity index (χ4v) is 3.74. The molecule has 0 spiro atoms. The van der Waals surface area contributed by atoms with Gasteiger partial charge in [0.2, 0.25) is 5.82 Å². The van der Waals surface area contributed by atoms with Crippen LogP contribution in [0.15, 0.2) is 29.3 Å². The van der Waals surface area contributed by atoms with E-state index in [-0.39, 0.29) is 11.1 Å². The summed E-state index contributed by atoms with van der Waals surface area (Å²) in [4.78, 5) is 35.2. The third-order valence-corrected chi connectivity index (χ3v) is 5.14. The second-order valence-corrected chi connectivity index (χ2v) is 7.24. The molecule has 3 aromatic rings. The standard InChI is InChI=1S/C20H7F5N4O6/c1-6-2-8-12(10(3-6)28(32)33)13-9(4-7(27(30)31)5-11(13)29(34)35)19(8)26-20-17(24)15(22)14(21)16(23)18(20)25/h2-5H,1H3. The van der Waals surface area contributed by atoms with Crippen LogP contribution in [0.25, 0.3) is 11.1 Å². The van der Waals surface area contributed by atoms with Gasteiger partial charge in [-0.1, -0.05) is 0 Å². The molecule has 0 heterocycles. The number of hydrogen-bond donors (Lipinski definition) is 0. The third-order valence-electron chi connectivity index (χ3n) is 5.14. The summed E-state index contributed by atoms with van der Waals surface area (Å²) < 4.78 is 69.7. The third kappa shape index (κ3) is 3.44. The topological polar surface area (TPSA) is 142 Å². The molecule has 0 N–H and O–H groups in total. The molecular formula is C20H7F5N4O6. The molecule has 0 radical (unpaired) electrons. The first kappa shape index (κ1) is 23.3. The van der Waals surface area contributed by atoms with Gasteiger partial charge in [0.25, 0.3) is 17.1 Å². The second-order valence-electron chi connectivity index (χ2n) is 7.24. The van der Waals surface area contributed by atoms with Crippen molar-refractivity contribution in [3.63, 3.8) is 0 Å². The van der Waals surface area contributed by atoms with Crippen molar-refractivity contribution in [3.8, 4) is 11.1 Å². The lowest BCUT2D eigenvalue weighted by Gasteiger charge is -2.07. The molecule has 0 atom stereocenters. The van der Waals surface area contributed by atoms with E-state index < -0.39 is 89.0 Å². The molecule has 1 aliphatic carbocycles. The minimum Gasteiger partial charge on any atom is -0.258 e. The maximum atomic E-state index is 14.4. The minimum atomic E-state index is -2.46. The van der Waals surface area contributed by atoms with Gasteiger partial charge in [-0.2, -0.15) is 0 Å². The van der Waals surface area contributed by atoms with Gasteiger partial charge in [0.1, 0.15) is 5.69 Å². The number of nitro benzene ring substituents is 3. The normalized spacial score (nSPS) is 13.0. The fraction of sp³-hybridized carbons (Fsp3) is 0.0500. The van der Waals surface area contributed by atoms with Crippen LogP contribution in [-0.4, -0.2) is 20.5 Å². The van der Waals surface area contributed by atoms with E-state index in [0.29, 0.717) is 12.1 Å². The molecule has 3 aromatic carbocycles. The van der Waals surface area contributed by atoms with Crippen molar-refractivity contribution in [1.82, 2.24) is 0 Å². The number of non-ortho nitro benzene ring substituents is 1. The lowest BCUT2D eigenvalue weighted by atomic mass is 10.00. The molecule has 10 nitrogen and oxygen atoms in total. The van der Waals surface area contributed by atoms with E-state index in [4.69, 9.17) is 0 Å². The van der Waals surface area contributed by atoms with E-state index in [1.165, 1.54) is 13.0 Å². The van der Waals surface area contributed by atoms with Crippen molar-refractivity contribution in [2.45, 2.75) is 6.92 Å². The Morgan fingerprint density at radius 2 is 1.11 bits per heavy atom. The summed E-state index contributed by atoms with van der Waals surface area (Å²) in [5.74, 6) is -11.8. The van der Waals surface area contributed by atoms with Crippen molar-refractivity contribution in [2.24, 2.45) is 4.99 Å². The van der Waals surface area contributed by atoms with Gasteiger partial charge in [-0.25, -0.2) is 26.9 Å². The van der Waals surface area contributed by atoms with Crippen molar-refractivity contribution in [1.29, 1.82) is 0 Å². The first-order valence-corrected chi connectivity index (χ1v) is 9.22. The first-order valence-electron chi connectivity index (χ1n) is 9.22. The Kier molecular flexibility index (Phi) is 5.26. The number of benzene rings is 3. The number of nitro groups is 3. The van der Waals surface area contributed by atoms with Crippen LogP contribution in [0.5, 0.6) is 0 Å². The molecule has 15 heteroatoms. The predicted octanol–water partition coefficient (Wildman–Crippen LogP) is 5.56. The van der Waals surface area contributed by atoms with E-state index >= 15 is 0 Å². The highest BCUT2D eigenvalue weighted by atomic mass is 19.2. The van der Waals surface area contributed by atoms with Gasteiger partial charge in [-0.05, 0) is 18.6 Å². The summed E-state index contributed by atoms with van der Waals surface area (Å²) in [5.41, 5.74) is -6.64. The highest BCUT2D eigenvalue weighted by molar-refractivity contribution is 6.28. The lowest BCUT2D eigenvalue weighted by molar-refractivity contribution is -0.394. The van der Waals surface area contributed by atoms with Crippen molar-refractivity contribution in [2.75, 3.05) is 0 Å². The number of halogens is 5. The lowest BCUT2D eigenvalue weighted by Crippen LogP contribution is -2.05. The number of rotatable bonds is 4. The summed E-state index contributed by atoms with van der Waals surface area (Å²) in [6.45, 7) is 1.36. The monoisotopic (exact) mass is 494 g/mol. The Balaban J connectivity index is 2.23. The average Bonchev–Trinajstić information content (AvgIpc) is 3.10. The van der Waals surface area contributed by atoms with Gasteiger partial charge < -0.3 is 0 Å². The molecular weight excluding hydrogens is 487 g/mol. The van der Waals surface area contributed by atoms with E-state index in [2.05, 4.69) is 4.99 Å². The Bertz CT molecular complexity index is 1530. The van der Waals surface area contributed by atoms with E-state index in [0.717, 1.165) is 6.07 Å². The molecule has 0 aliphatic heterocycles. The zero-order valence-corrected chi connectivity index (χ0v) is 16.9. The quantitative estimate of drug-likeness (QED) is 0.119. The SMILES string of the molecule is Cc1cc2c(c([N+](=O)[O-])c1)-c1c(cc([N+](=O)[O-])cc1[N+](=O)[O-])C2=Nc1c(F)c(F)c(F)c(F)c1F. The Morgan fingerprint density at radius 3 is 1.60 bits per heavy atom. The van der Waals surface area contributed by atoms with E-state index in [1.54, 1.807) is 0 Å². The largest absolute Gasteiger partial charge is 0.285 e. The van der Waals surface area contributed by atoms with Gasteiger partial charge >= 0.3 is 0 Å². The van der Waals surface area contributed by atoms with Gasteiger partial charge in [0.15, 0.2) is 23.3 Å². The summed E-state index contributed by atoms with van der Waals surface area (Å²) >= 11 is 0. The van der Waals surface area contributed by atoms with Crippen LogP contribution >= 0.6 is 0 Å². The van der Waals surface area contributed by atoms with Gasteiger partial charge in [-0.3, -0.25) is 30.3 Å². The fourth-order valence-electron chi connectivity index (χ4n) is 3.74. The second kappa shape index (κ2) is 7.89. The predicted molar refractivity (Wildman–Crippen MR) is 108 cm³/mol. The highest BCUT2D eigenvalue weighted by Crippen LogP contribution is 2.50. The average molecular weight is 494 g/mol. The number of aryl methyl sites for hydroxylation is 1. The van der Waals surface area contributed by atoms with Crippen LogP contribution in [0.2, 0.25) is 0 Å². The van der Waals surface area contributed by atoms with Crippen LogP contribution in [0, 0.1) is 66.4 Å². The molecule has 0 saturated heterocycles. The van der Waals surface area contributed by atoms with E-state index in [9.17, 15) is 52.3 Å². The van der Waals surface area contributed by atoms with Crippen molar-refractivity contribution < 1.29 is 36.7 Å². The summed E-state index contributed by atoms with van der Waals surface area (Å²) in [6.07, 6.45) is 0. The van der Waals surface area contributed by atoms with Crippen LogP contribution in [0.1, 0.15) is 16.7 Å². The molecule has 178 valence electrons. The van der Waals surface area contributed by atoms with Crippen LogP contribution in [0.4, 0.5) is 44.7 Å². The zero-order chi connectivity index (χ0) is 25.9. The summed E-state index contributed by atoms with van der Waals surface area (Å²) in [5, 5.41) is 34.8. The molecule has 1 aliphatic rings. The molecule has 0 saturated carbocycles. The summed E-state index contributed by atoms with van der Waals surface area (Å²) in [7, 11) is 0. The van der Waals surface area contributed by atoms with Gasteiger partial charge in [0.05, 0.1) is 37.7 Å². The molecule has 4 rings (SSSR count). The highest BCUT2D eigenvalue weighted by Gasteiger charge is 2.40. The molecule has 0 aromatic heterocycles. The molecule has 0 fully saturated rings. The van der Waals surface area contributed by atoms with Crippen LogP contribution in [0.3, 0.4) is 0 Å². The minimum absolute atomic E-state index is 0.172.